The van der Waals surface area contributed by atoms with Gasteiger partial charge in [-0.1, -0.05) is 6.92 Å². The number of hydrogen-bond donors (Lipinski definition) is 1. The highest BCUT2D eigenvalue weighted by atomic mass is 35.5. The lowest BCUT2D eigenvalue weighted by atomic mass is 9.99. The molecule has 7 heteroatoms. The zero-order valence-electron chi connectivity index (χ0n) is 11.3. The lowest BCUT2D eigenvalue weighted by molar-refractivity contribution is -0.136. The first-order valence-corrected chi connectivity index (χ1v) is 7.10. The van der Waals surface area contributed by atoms with Crippen LogP contribution in [0, 0.1) is 5.92 Å². The smallest absolute Gasteiger partial charge is 0.323 e. The molecule has 0 saturated carbocycles. The summed E-state index contributed by atoms with van der Waals surface area (Å²) in [5, 5.41) is 11.6. The molecule has 6 nitrogen and oxygen atoms in total. The first kappa shape index (κ1) is 14.8. The zero-order chi connectivity index (χ0) is 14.7. The molecule has 1 fully saturated rings. The van der Waals surface area contributed by atoms with E-state index < -0.39 is 11.3 Å². The van der Waals surface area contributed by atoms with E-state index in [2.05, 4.69) is 16.9 Å². The number of alkyl halides is 1. The maximum Gasteiger partial charge on any atom is 0.323 e. The predicted molar refractivity (Wildman–Crippen MR) is 76.4 cm³/mol. The van der Waals surface area contributed by atoms with Crippen molar-refractivity contribution in [3.63, 3.8) is 0 Å². The molecule has 1 atom stereocenters. The van der Waals surface area contributed by atoms with Crippen LogP contribution in [0.3, 0.4) is 0 Å². The molecule has 0 aromatic carbocycles. The maximum atomic E-state index is 11.9. The number of hydrogen-bond acceptors (Lipinski definition) is 4. The lowest BCUT2D eigenvalue weighted by Crippen LogP contribution is -2.35. The number of piperidine rings is 1. The summed E-state index contributed by atoms with van der Waals surface area (Å²) in [5.74, 6) is -0.443. The molecule has 2 heterocycles. The van der Waals surface area contributed by atoms with Crippen LogP contribution < -0.4 is 10.5 Å². The second kappa shape index (κ2) is 6.26. The molecule has 20 heavy (non-hydrogen) atoms. The Balaban J connectivity index is 2.10. The minimum Gasteiger partial charge on any atom is -0.480 e. The summed E-state index contributed by atoms with van der Waals surface area (Å²) in [6, 6.07) is 1.49. The van der Waals surface area contributed by atoms with Crippen LogP contribution in [0.1, 0.15) is 19.8 Å². The average Bonchev–Trinajstić information content (AvgIpc) is 2.41. The molecular weight excluding hydrogens is 282 g/mol. The summed E-state index contributed by atoms with van der Waals surface area (Å²) >= 11 is 5.62. The van der Waals surface area contributed by atoms with Crippen molar-refractivity contribution in [1.82, 2.24) is 9.78 Å². The van der Waals surface area contributed by atoms with Crippen LogP contribution in [0.15, 0.2) is 17.1 Å². The largest absolute Gasteiger partial charge is 0.480 e. The Morgan fingerprint density at radius 2 is 2.20 bits per heavy atom. The fraction of sp³-hybridized carbons (Fsp3) is 0.615. The minimum absolute atomic E-state index is 0.132. The molecule has 0 aliphatic carbocycles. The molecule has 2 rings (SSSR count). The molecule has 1 unspecified atom stereocenters. The van der Waals surface area contributed by atoms with E-state index in [0.29, 0.717) is 5.92 Å². The number of rotatable bonds is 4. The summed E-state index contributed by atoms with van der Waals surface area (Å²) in [5.41, 5.74) is 0.465. The van der Waals surface area contributed by atoms with Gasteiger partial charge >= 0.3 is 5.97 Å². The quantitative estimate of drug-likeness (QED) is 0.845. The third-order valence-corrected chi connectivity index (χ3v) is 3.93. The molecule has 110 valence electrons. The molecule has 1 aromatic heterocycles. The van der Waals surface area contributed by atoms with Gasteiger partial charge in [0.05, 0.1) is 18.4 Å². The van der Waals surface area contributed by atoms with E-state index in [9.17, 15) is 9.59 Å². The molecule has 1 aromatic rings. The number of nitrogens with zero attached hydrogens (tertiary/aromatic N) is 3. The normalized spacial score (nSPS) is 18.0. The fourth-order valence-electron chi connectivity index (χ4n) is 2.23. The minimum atomic E-state index is -1.16. The van der Waals surface area contributed by atoms with Gasteiger partial charge in [-0.2, -0.15) is 5.10 Å². The Hall–Kier alpha value is -1.56. The number of carboxylic acid groups (broad SMARTS) is 1. The number of aromatic nitrogens is 2. The summed E-state index contributed by atoms with van der Waals surface area (Å²) < 4.78 is 1.09. The molecule has 1 N–H and O–H groups in total. The average molecular weight is 300 g/mol. The van der Waals surface area contributed by atoms with Crippen LogP contribution in [-0.2, 0) is 11.3 Å². The second-order valence-corrected chi connectivity index (χ2v) is 5.74. The number of carbonyl (C=O) groups is 1. The van der Waals surface area contributed by atoms with Crippen molar-refractivity contribution in [3.8, 4) is 0 Å². The van der Waals surface area contributed by atoms with Crippen molar-refractivity contribution in [2.24, 2.45) is 5.92 Å². The first-order valence-electron chi connectivity index (χ1n) is 6.66. The molecule has 1 saturated heterocycles. The van der Waals surface area contributed by atoms with Gasteiger partial charge in [-0.05, 0) is 18.8 Å². The highest BCUT2D eigenvalue weighted by Gasteiger charge is 2.19. The Labute approximate surface area is 122 Å². The Bertz CT molecular complexity index is 538. The predicted octanol–water partition coefficient (Wildman–Crippen LogP) is 1.17. The highest BCUT2D eigenvalue weighted by Crippen LogP contribution is 2.20. The third kappa shape index (κ3) is 3.50. The highest BCUT2D eigenvalue weighted by molar-refractivity contribution is 6.29. The van der Waals surface area contributed by atoms with Crippen LogP contribution in [-0.4, -0.2) is 39.3 Å². The van der Waals surface area contributed by atoms with E-state index in [1.54, 1.807) is 6.20 Å². The standard InChI is InChI=1S/C13H18ClN3O3/c1-9-2-4-16(5-3-9)10-6-12(18)17(15-7-10)8-11(14)13(19)20/h6-7,9,11H,2-5,8H2,1H3,(H,19,20). The lowest BCUT2D eigenvalue weighted by Gasteiger charge is -2.31. The topological polar surface area (TPSA) is 75.4 Å². The van der Waals surface area contributed by atoms with Crippen molar-refractivity contribution in [2.45, 2.75) is 31.7 Å². The number of anilines is 1. The van der Waals surface area contributed by atoms with Crippen LogP contribution in [0.2, 0.25) is 0 Å². The molecule has 1 aliphatic heterocycles. The van der Waals surface area contributed by atoms with E-state index >= 15 is 0 Å². The summed E-state index contributed by atoms with van der Waals surface area (Å²) in [6.07, 6.45) is 3.81. The Kier molecular flexibility index (Phi) is 4.65. The molecule has 0 bridgehead atoms. The molecule has 0 spiro atoms. The van der Waals surface area contributed by atoms with Gasteiger partial charge in [-0.25, -0.2) is 4.68 Å². The first-order chi connectivity index (χ1) is 9.47. The number of aliphatic carboxylic acids is 1. The van der Waals surface area contributed by atoms with Crippen molar-refractivity contribution >= 4 is 23.3 Å². The summed E-state index contributed by atoms with van der Waals surface area (Å²) in [6.45, 7) is 3.92. The van der Waals surface area contributed by atoms with Crippen LogP contribution in [0.5, 0.6) is 0 Å². The SMILES string of the molecule is CC1CCN(c2cnn(CC(Cl)C(=O)O)c(=O)c2)CC1. The van der Waals surface area contributed by atoms with E-state index in [-0.39, 0.29) is 12.1 Å². The zero-order valence-corrected chi connectivity index (χ0v) is 12.1. The van der Waals surface area contributed by atoms with Gasteiger partial charge < -0.3 is 10.0 Å². The van der Waals surface area contributed by atoms with Gasteiger partial charge in [0, 0.05) is 19.2 Å². The van der Waals surface area contributed by atoms with E-state index in [1.165, 1.54) is 6.07 Å². The summed E-state index contributed by atoms with van der Waals surface area (Å²) in [7, 11) is 0. The second-order valence-electron chi connectivity index (χ2n) is 5.21. The van der Waals surface area contributed by atoms with E-state index in [1.807, 2.05) is 0 Å². The van der Waals surface area contributed by atoms with Gasteiger partial charge in [0.25, 0.3) is 5.56 Å². The van der Waals surface area contributed by atoms with Crippen LogP contribution in [0.25, 0.3) is 0 Å². The molecule has 0 amide bonds. The van der Waals surface area contributed by atoms with Crippen molar-refractivity contribution in [2.75, 3.05) is 18.0 Å². The molecule has 1 aliphatic rings. The third-order valence-electron chi connectivity index (χ3n) is 3.61. The van der Waals surface area contributed by atoms with Crippen molar-refractivity contribution < 1.29 is 9.90 Å². The number of halogens is 1. The van der Waals surface area contributed by atoms with Gasteiger partial charge in [-0.15, -0.1) is 11.6 Å². The fourth-order valence-corrected chi connectivity index (χ4v) is 2.36. The van der Waals surface area contributed by atoms with Gasteiger partial charge in [0.2, 0.25) is 0 Å². The van der Waals surface area contributed by atoms with E-state index in [0.717, 1.165) is 36.3 Å². The van der Waals surface area contributed by atoms with Gasteiger partial charge in [-0.3, -0.25) is 9.59 Å². The number of carboxylic acids is 1. The molecule has 0 radical (unpaired) electrons. The monoisotopic (exact) mass is 299 g/mol. The summed E-state index contributed by atoms with van der Waals surface area (Å²) in [4.78, 5) is 24.7. The van der Waals surface area contributed by atoms with Crippen molar-refractivity contribution in [1.29, 1.82) is 0 Å². The van der Waals surface area contributed by atoms with Crippen molar-refractivity contribution in [3.05, 3.63) is 22.6 Å². The van der Waals surface area contributed by atoms with Crippen LogP contribution in [0.4, 0.5) is 5.69 Å². The van der Waals surface area contributed by atoms with Gasteiger partial charge in [0.1, 0.15) is 0 Å². The Morgan fingerprint density at radius 3 is 2.75 bits per heavy atom. The van der Waals surface area contributed by atoms with Gasteiger partial charge in [0.15, 0.2) is 5.38 Å². The van der Waals surface area contributed by atoms with Crippen LogP contribution >= 0.6 is 11.6 Å². The molecular formula is C13H18ClN3O3. The maximum absolute atomic E-state index is 11.9. The Morgan fingerprint density at radius 1 is 1.55 bits per heavy atom. The van der Waals surface area contributed by atoms with E-state index in [4.69, 9.17) is 16.7 Å².